The lowest BCUT2D eigenvalue weighted by atomic mass is 9.74. The third-order valence-electron chi connectivity index (χ3n) is 10.6. The maximum Gasteiger partial charge on any atom is 0.160 e. The number of benzene rings is 7. The van der Waals surface area contributed by atoms with Crippen molar-refractivity contribution in [3.05, 3.63) is 193 Å². The number of hydrogen-bond acceptors (Lipinski definition) is 3. The van der Waals surface area contributed by atoms with Crippen LogP contribution in [0.2, 0.25) is 0 Å². The molecular formula is C48H32N2S. The van der Waals surface area contributed by atoms with E-state index in [2.05, 4.69) is 177 Å². The third-order valence-corrected chi connectivity index (χ3v) is 11.8. The van der Waals surface area contributed by atoms with E-state index in [1.54, 1.807) is 0 Å². The number of hydrogen-bond donors (Lipinski definition) is 0. The van der Waals surface area contributed by atoms with E-state index >= 15 is 0 Å². The summed E-state index contributed by atoms with van der Waals surface area (Å²) in [6.45, 7) is 2.37. The van der Waals surface area contributed by atoms with E-state index in [1.807, 2.05) is 17.4 Å². The molecular weight excluding hydrogens is 637 g/mol. The Kier molecular flexibility index (Phi) is 6.83. The summed E-state index contributed by atoms with van der Waals surface area (Å²) in [4.78, 5) is 10.4. The molecule has 0 N–H and O–H groups in total. The molecule has 0 saturated carbocycles. The molecule has 0 saturated heterocycles. The Morgan fingerprint density at radius 3 is 1.88 bits per heavy atom. The summed E-state index contributed by atoms with van der Waals surface area (Å²) in [6, 6.07) is 63.3. The van der Waals surface area contributed by atoms with Gasteiger partial charge in [-0.2, -0.15) is 0 Å². The normalized spacial score (nSPS) is 14.8. The van der Waals surface area contributed by atoms with Gasteiger partial charge in [0.25, 0.3) is 0 Å². The number of thiophene rings is 1. The molecule has 7 aromatic carbocycles. The molecule has 2 nitrogen and oxygen atoms in total. The lowest BCUT2D eigenvalue weighted by Crippen LogP contribution is -2.22. The molecule has 3 heteroatoms. The van der Waals surface area contributed by atoms with Crippen molar-refractivity contribution >= 4 is 31.5 Å². The fraction of sp³-hybridized carbons (Fsp3) is 0.0417. The SMILES string of the molecule is CC1(c2ccccc2)c2ccccc2-c2ccc(-c3ccccc3-c3cc(-c4ccc5sc6ccccc6c5c4)nc(-c4ccccc4)n3)cc21. The molecule has 0 fully saturated rings. The summed E-state index contributed by atoms with van der Waals surface area (Å²) >= 11 is 1.84. The van der Waals surface area contributed by atoms with E-state index in [9.17, 15) is 0 Å². The highest BCUT2D eigenvalue weighted by Gasteiger charge is 2.40. The van der Waals surface area contributed by atoms with Crippen LogP contribution in [0.3, 0.4) is 0 Å². The molecule has 1 atom stereocenters. The summed E-state index contributed by atoms with van der Waals surface area (Å²) in [7, 11) is 0. The van der Waals surface area contributed by atoms with Crippen molar-refractivity contribution in [3.8, 4) is 56.2 Å². The van der Waals surface area contributed by atoms with Crippen LogP contribution < -0.4 is 0 Å². The quantitative estimate of drug-likeness (QED) is 0.182. The smallest absolute Gasteiger partial charge is 0.160 e. The highest BCUT2D eigenvalue weighted by atomic mass is 32.1. The van der Waals surface area contributed by atoms with E-state index in [0.717, 1.165) is 33.6 Å². The van der Waals surface area contributed by atoms with E-state index in [4.69, 9.17) is 9.97 Å². The van der Waals surface area contributed by atoms with Gasteiger partial charge < -0.3 is 0 Å². The van der Waals surface area contributed by atoms with Crippen molar-refractivity contribution in [1.82, 2.24) is 9.97 Å². The minimum Gasteiger partial charge on any atom is -0.228 e. The van der Waals surface area contributed by atoms with Crippen LogP contribution in [-0.2, 0) is 5.41 Å². The first-order chi connectivity index (χ1) is 25.1. The van der Waals surface area contributed by atoms with E-state index in [1.165, 1.54) is 53.6 Å². The minimum absolute atomic E-state index is 0.273. The van der Waals surface area contributed by atoms with Crippen molar-refractivity contribution in [2.75, 3.05) is 0 Å². The van der Waals surface area contributed by atoms with Crippen LogP contribution in [0, 0.1) is 0 Å². The molecule has 2 heterocycles. The first-order valence-electron chi connectivity index (χ1n) is 17.4. The van der Waals surface area contributed by atoms with Crippen LogP contribution in [0.4, 0.5) is 0 Å². The average Bonchev–Trinajstić information content (AvgIpc) is 3.71. The zero-order valence-corrected chi connectivity index (χ0v) is 28.9. The molecule has 10 rings (SSSR count). The van der Waals surface area contributed by atoms with E-state index in [0.29, 0.717) is 5.82 Å². The highest BCUT2D eigenvalue weighted by Crippen LogP contribution is 2.53. The maximum atomic E-state index is 5.26. The Morgan fingerprint density at radius 2 is 1.04 bits per heavy atom. The van der Waals surface area contributed by atoms with Crippen LogP contribution in [0.5, 0.6) is 0 Å². The molecule has 0 spiro atoms. The van der Waals surface area contributed by atoms with Crippen LogP contribution >= 0.6 is 11.3 Å². The summed E-state index contributed by atoms with van der Waals surface area (Å²) in [5.41, 5.74) is 13.6. The van der Waals surface area contributed by atoms with Crippen molar-refractivity contribution in [1.29, 1.82) is 0 Å². The molecule has 0 amide bonds. The van der Waals surface area contributed by atoms with E-state index < -0.39 is 0 Å². The van der Waals surface area contributed by atoms with Gasteiger partial charge in [-0.3, -0.25) is 0 Å². The third kappa shape index (κ3) is 4.77. The van der Waals surface area contributed by atoms with Crippen LogP contribution in [-0.4, -0.2) is 9.97 Å². The largest absolute Gasteiger partial charge is 0.228 e. The van der Waals surface area contributed by atoms with Crippen LogP contribution in [0.1, 0.15) is 23.6 Å². The van der Waals surface area contributed by atoms with Crippen molar-refractivity contribution in [2.45, 2.75) is 12.3 Å². The fourth-order valence-electron chi connectivity index (χ4n) is 8.03. The van der Waals surface area contributed by atoms with Crippen molar-refractivity contribution < 1.29 is 0 Å². The zero-order chi connectivity index (χ0) is 33.9. The van der Waals surface area contributed by atoms with Crippen molar-refractivity contribution in [3.63, 3.8) is 0 Å². The Hall–Kier alpha value is -6.16. The van der Waals surface area contributed by atoms with Crippen molar-refractivity contribution in [2.24, 2.45) is 0 Å². The Bertz CT molecular complexity index is 2760. The van der Waals surface area contributed by atoms with Crippen LogP contribution in [0.25, 0.3) is 76.3 Å². The molecule has 1 aliphatic rings. The summed E-state index contributed by atoms with van der Waals surface area (Å²) < 4.78 is 2.58. The summed E-state index contributed by atoms with van der Waals surface area (Å²) in [5.74, 6) is 0.717. The fourth-order valence-corrected chi connectivity index (χ4v) is 9.12. The van der Waals surface area contributed by atoms with Gasteiger partial charge in [0.2, 0.25) is 0 Å². The lowest BCUT2D eigenvalue weighted by Gasteiger charge is -2.28. The molecule has 2 aromatic heterocycles. The van der Waals surface area contributed by atoms with Gasteiger partial charge >= 0.3 is 0 Å². The van der Waals surface area contributed by atoms with Crippen LogP contribution in [0.15, 0.2) is 176 Å². The first-order valence-corrected chi connectivity index (χ1v) is 18.2. The second-order valence-corrected chi connectivity index (χ2v) is 14.6. The molecule has 9 aromatic rings. The standard InChI is InChI=1S/C48H32N2S/c1-48(34-16-6-3-7-17-34)41-22-12-10-19-36(41)37-26-24-32(29-42(37)48)35-18-8-9-20-38(35)44-30-43(49-47(50-44)31-14-4-2-5-15-31)33-25-27-46-40(28-33)39-21-11-13-23-45(39)51-46/h2-30H,1H3. The summed E-state index contributed by atoms with van der Waals surface area (Å²) in [6.07, 6.45) is 0. The maximum absolute atomic E-state index is 5.26. The lowest BCUT2D eigenvalue weighted by molar-refractivity contribution is 0.714. The molecule has 0 bridgehead atoms. The zero-order valence-electron chi connectivity index (χ0n) is 28.0. The minimum atomic E-state index is -0.273. The molecule has 0 radical (unpaired) electrons. The monoisotopic (exact) mass is 668 g/mol. The van der Waals surface area contributed by atoms with Gasteiger partial charge in [-0.1, -0.05) is 146 Å². The van der Waals surface area contributed by atoms with Gasteiger partial charge in [-0.05, 0) is 76.2 Å². The van der Waals surface area contributed by atoms with Gasteiger partial charge in [-0.15, -0.1) is 11.3 Å². The Labute approximate surface area is 301 Å². The Balaban J connectivity index is 1.16. The predicted octanol–water partition coefficient (Wildman–Crippen LogP) is 12.8. The number of nitrogens with zero attached hydrogens (tertiary/aromatic N) is 2. The molecule has 0 aliphatic heterocycles. The van der Waals surface area contributed by atoms with Gasteiger partial charge in [0.15, 0.2) is 5.82 Å². The van der Waals surface area contributed by atoms with Gasteiger partial charge in [0.05, 0.1) is 11.4 Å². The van der Waals surface area contributed by atoms with Gasteiger partial charge in [-0.25, -0.2) is 9.97 Å². The highest BCUT2D eigenvalue weighted by molar-refractivity contribution is 7.25. The molecule has 1 unspecified atom stereocenters. The van der Waals surface area contributed by atoms with Gasteiger partial charge in [0, 0.05) is 42.3 Å². The first kappa shape index (κ1) is 29.7. The molecule has 240 valence electrons. The Morgan fingerprint density at radius 1 is 0.412 bits per heavy atom. The number of fused-ring (bicyclic) bond motifs is 6. The van der Waals surface area contributed by atoms with Gasteiger partial charge in [0.1, 0.15) is 0 Å². The summed E-state index contributed by atoms with van der Waals surface area (Å²) in [5, 5.41) is 2.54. The predicted molar refractivity (Wildman–Crippen MR) is 214 cm³/mol. The average molecular weight is 669 g/mol. The second kappa shape index (κ2) is 11.7. The van der Waals surface area contributed by atoms with E-state index in [-0.39, 0.29) is 5.41 Å². The molecule has 1 aliphatic carbocycles. The number of rotatable bonds is 5. The topological polar surface area (TPSA) is 25.8 Å². The second-order valence-electron chi connectivity index (χ2n) is 13.5. The number of aromatic nitrogens is 2. The molecule has 51 heavy (non-hydrogen) atoms.